The topological polar surface area (TPSA) is 43.7 Å². The maximum atomic E-state index is 10.8. The van der Waals surface area contributed by atoms with Crippen LogP contribution in [-0.4, -0.2) is 22.2 Å². The minimum absolute atomic E-state index is 0.0166. The molecule has 52 heavy (non-hydrogen) atoms. The SMILES string of the molecule is CN1Cc2c(c3c4c5c6c7c8c9c5c5c%10c4c2c2ccc4c%11ccc%12c%13c(c%14c%12c%11c(c4c2%10)c5c%149)C8C(C=C%13)C7CCC36)C1c1ccc(O)c(O)c1. The number of aromatic hydroxyl groups is 2. The third kappa shape index (κ3) is 1.80. The maximum absolute atomic E-state index is 10.8. The fourth-order valence-corrected chi connectivity index (χ4v) is 15.5. The molecule has 5 atom stereocenters. The van der Waals surface area contributed by atoms with Crippen LogP contribution in [0, 0.1) is 5.92 Å². The number of phenols is 2. The highest BCUT2D eigenvalue weighted by Crippen LogP contribution is 2.74. The minimum Gasteiger partial charge on any atom is -0.504 e. The van der Waals surface area contributed by atoms with Crippen molar-refractivity contribution in [2.75, 3.05) is 7.05 Å². The van der Waals surface area contributed by atoms with E-state index in [1.807, 2.05) is 12.1 Å². The Balaban J connectivity index is 1.22. The van der Waals surface area contributed by atoms with Gasteiger partial charge in [0.15, 0.2) is 11.5 Å². The first kappa shape index (κ1) is 23.8. The summed E-state index contributed by atoms with van der Waals surface area (Å²) in [6.45, 7) is 0.875. The molecular weight excluding hydrogens is 635 g/mol. The summed E-state index contributed by atoms with van der Waals surface area (Å²) in [5, 5.41) is 52.1. The van der Waals surface area contributed by atoms with E-state index in [9.17, 15) is 10.2 Å². The van der Waals surface area contributed by atoms with Crippen molar-refractivity contribution in [3.05, 3.63) is 98.6 Å². The van der Waals surface area contributed by atoms with Crippen molar-refractivity contribution in [2.45, 2.75) is 43.2 Å². The molecular formula is C49H25NO2. The first-order valence-corrected chi connectivity index (χ1v) is 19.3. The molecule has 3 heteroatoms. The Hall–Kier alpha value is -5.64. The van der Waals surface area contributed by atoms with E-state index in [1.165, 1.54) is 72.6 Å². The van der Waals surface area contributed by atoms with E-state index < -0.39 is 0 Å². The van der Waals surface area contributed by atoms with Gasteiger partial charge in [-0.05, 0) is 202 Å². The lowest BCUT2D eigenvalue weighted by Gasteiger charge is -2.32. The molecule has 0 fully saturated rings. The van der Waals surface area contributed by atoms with Crippen molar-refractivity contribution in [1.82, 2.24) is 4.90 Å². The van der Waals surface area contributed by atoms with Crippen molar-refractivity contribution in [3.8, 4) is 11.5 Å². The summed E-state index contributed by atoms with van der Waals surface area (Å²) in [6, 6.07) is 15.5. The second-order valence-corrected chi connectivity index (χ2v) is 17.9. The highest BCUT2D eigenvalue weighted by Gasteiger charge is 2.55. The molecule has 1 aliphatic heterocycles. The lowest BCUT2D eigenvalue weighted by atomic mass is 9.71. The van der Waals surface area contributed by atoms with Crippen molar-refractivity contribution in [3.63, 3.8) is 0 Å². The second-order valence-electron chi connectivity index (χ2n) is 17.9. The van der Waals surface area contributed by atoms with Crippen LogP contribution < -0.4 is 0 Å². The molecule has 0 amide bonds. The second kappa shape index (κ2) is 6.48. The molecule has 1 heterocycles. The minimum atomic E-state index is -0.0515. The van der Waals surface area contributed by atoms with Gasteiger partial charge in [0.25, 0.3) is 0 Å². The smallest absolute Gasteiger partial charge is 0.157 e. The van der Waals surface area contributed by atoms with Gasteiger partial charge in [0.05, 0.1) is 6.04 Å². The summed E-state index contributed by atoms with van der Waals surface area (Å²) >= 11 is 0. The monoisotopic (exact) mass is 659 g/mol. The van der Waals surface area contributed by atoms with Crippen LogP contribution in [0.15, 0.2) is 48.5 Å². The third-order valence-corrected chi connectivity index (χ3v) is 16.6. The predicted octanol–water partition coefficient (Wildman–Crippen LogP) is 11.7. The number of hydrogen-bond acceptors (Lipinski definition) is 3. The van der Waals surface area contributed by atoms with Crippen LogP contribution in [0.25, 0.3) is 114 Å². The summed E-state index contributed by atoms with van der Waals surface area (Å²) < 4.78 is 0. The fourth-order valence-electron chi connectivity index (χ4n) is 15.5. The molecule has 5 unspecified atom stereocenters. The van der Waals surface area contributed by atoms with E-state index in [4.69, 9.17) is 0 Å². The normalized spacial score (nSPS) is 25.4. The predicted molar refractivity (Wildman–Crippen MR) is 211 cm³/mol. The van der Waals surface area contributed by atoms with E-state index in [2.05, 4.69) is 48.4 Å². The van der Waals surface area contributed by atoms with Gasteiger partial charge in [0, 0.05) is 18.4 Å². The van der Waals surface area contributed by atoms with E-state index in [1.54, 1.807) is 98.5 Å². The van der Waals surface area contributed by atoms with Crippen molar-refractivity contribution >= 4 is 114 Å². The Morgan fingerprint density at radius 2 is 1.15 bits per heavy atom. The molecule has 0 spiro atoms. The summed E-state index contributed by atoms with van der Waals surface area (Å²) in [5.74, 6) is 1.89. The van der Waals surface area contributed by atoms with Crippen LogP contribution >= 0.6 is 0 Å². The number of rotatable bonds is 1. The number of nitrogens with zero attached hydrogens (tertiary/aromatic N) is 1. The summed E-state index contributed by atoms with van der Waals surface area (Å²) in [6.07, 6.45) is 7.65. The molecule has 0 saturated carbocycles. The molecule has 2 N–H and O–H groups in total. The Labute approximate surface area is 294 Å². The van der Waals surface area contributed by atoms with Gasteiger partial charge in [0.1, 0.15) is 0 Å². The van der Waals surface area contributed by atoms with Gasteiger partial charge in [-0.2, -0.15) is 0 Å². The van der Waals surface area contributed by atoms with Gasteiger partial charge in [0.2, 0.25) is 0 Å². The van der Waals surface area contributed by atoms with E-state index in [0.29, 0.717) is 23.7 Å². The van der Waals surface area contributed by atoms with Crippen molar-refractivity contribution in [1.29, 1.82) is 0 Å². The Morgan fingerprint density at radius 3 is 1.96 bits per heavy atom. The standard InChI is InChI=1S/C49H25NO2/c1-50-13-23-26-21-9-7-19-17-5-3-15-16-4-6-18-20-8-10-22-34-32(20)40-30(18)28(16)38-27(15)29(17)39-31(19)33(21)41-37(26)43(42(34)48-46(40)44(38)45(39)47(41)48)35(22)36(23)49(50)14-2-11-24(51)25(52)12-14/h2-7,9,11-12,18,20,22,30,49,51-52H,8,10,13H2,1H3. The first-order chi connectivity index (χ1) is 25.6. The van der Waals surface area contributed by atoms with Crippen molar-refractivity contribution in [2.24, 2.45) is 5.92 Å². The molecule has 0 aromatic heterocycles. The van der Waals surface area contributed by atoms with Crippen LogP contribution in [-0.2, 0) is 6.54 Å². The van der Waals surface area contributed by atoms with Gasteiger partial charge < -0.3 is 10.2 Å². The molecule has 0 bridgehead atoms. The number of allylic oxidation sites excluding steroid dienone is 1. The summed E-state index contributed by atoms with van der Waals surface area (Å²) in [7, 11) is 2.27. The van der Waals surface area contributed by atoms with Gasteiger partial charge in [-0.1, -0.05) is 42.5 Å². The van der Waals surface area contributed by atoms with Gasteiger partial charge >= 0.3 is 0 Å². The quantitative estimate of drug-likeness (QED) is 0.136. The maximum Gasteiger partial charge on any atom is 0.157 e. The van der Waals surface area contributed by atoms with Gasteiger partial charge in [-0.15, -0.1) is 0 Å². The van der Waals surface area contributed by atoms with E-state index in [-0.39, 0.29) is 17.5 Å². The highest BCUT2D eigenvalue weighted by atomic mass is 16.3. The average Bonchev–Trinajstić information content (AvgIpc) is 4.00. The number of hydrogen-bond donors (Lipinski definition) is 2. The van der Waals surface area contributed by atoms with Crippen LogP contribution in [0.5, 0.6) is 11.5 Å². The number of benzene rings is 8. The van der Waals surface area contributed by atoms with Crippen molar-refractivity contribution < 1.29 is 10.2 Å². The number of fused-ring (bicyclic) bond motifs is 8. The Morgan fingerprint density at radius 1 is 0.538 bits per heavy atom. The molecule has 6 aliphatic rings. The molecule has 238 valence electrons. The molecule has 3 nitrogen and oxygen atoms in total. The zero-order chi connectivity index (χ0) is 32.8. The van der Waals surface area contributed by atoms with E-state index >= 15 is 0 Å². The summed E-state index contributed by atoms with van der Waals surface area (Å²) in [5.41, 5.74) is 14.0. The summed E-state index contributed by atoms with van der Waals surface area (Å²) in [4.78, 5) is 2.51. The zero-order valence-electron chi connectivity index (χ0n) is 28.0. The fraction of sp³-hybridized carbons (Fsp3) is 0.184. The van der Waals surface area contributed by atoms with Crippen LogP contribution in [0.2, 0.25) is 0 Å². The molecule has 18 rings (SSSR count). The first-order valence-electron chi connectivity index (χ1n) is 19.3. The third-order valence-electron chi connectivity index (χ3n) is 16.6. The Bertz CT molecular complexity index is 3850. The zero-order valence-corrected chi connectivity index (χ0v) is 28.0. The van der Waals surface area contributed by atoms with Crippen LogP contribution in [0.4, 0.5) is 0 Å². The largest absolute Gasteiger partial charge is 0.504 e. The van der Waals surface area contributed by atoms with Crippen LogP contribution in [0.3, 0.4) is 0 Å². The van der Waals surface area contributed by atoms with E-state index in [0.717, 1.165) is 12.1 Å². The molecule has 5 aliphatic carbocycles. The molecule has 0 radical (unpaired) electrons. The van der Waals surface area contributed by atoms with Gasteiger partial charge in [-0.3, -0.25) is 4.90 Å². The Kier molecular flexibility index (Phi) is 2.96. The number of phenolic OH excluding ortho intramolecular Hbond substituents is 2. The highest BCUT2D eigenvalue weighted by molar-refractivity contribution is 6.63. The lowest BCUT2D eigenvalue weighted by Crippen LogP contribution is -2.20. The van der Waals surface area contributed by atoms with Crippen LogP contribution in [0.1, 0.15) is 86.7 Å². The molecule has 0 saturated heterocycles. The molecule has 12 aromatic rings. The molecule has 12 aromatic carbocycles. The van der Waals surface area contributed by atoms with Gasteiger partial charge in [-0.25, -0.2) is 0 Å². The lowest BCUT2D eigenvalue weighted by molar-refractivity contribution is 0.302. The average molecular weight is 660 g/mol.